The van der Waals surface area contributed by atoms with E-state index in [0.717, 1.165) is 5.56 Å². The SMILES string of the molecule is CC(C)(C)c1ccccc1Oc1ccc(O)cc1C(=O)Nc1ccccc1. The van der Waals surface area contributed by atoms with Crippen molar-refractivity contribution < 1.29 is 14.6 Å². The molecule has 1 amide bonds. The second-order valence-electron chi connectivity index (χ2n) is 7.35. The molecule has 0 radical (unpaired) electrons. The van der Waals surface area contributed by atoms with Crippen molar-refractivity contribution in [1.82, 2.24) is 0 Å². The molecule has 0 atom stereocenters. The highest BCUT2D eigenvalue weighted by atomic mass is 16.5. The minimum atomic E-state index is -0.347. The Kier molecular flexibility index (Phi) is 5.17. The van der Waals surface area contributed by atoms with Crippen LogP contribution in [0.25, 0.3) is 0 Å². The van der Waals surface area contributed by atoms with Crippen LogP contribution in [0.15, 0.2) is 72.8 Å². The van der Waals surface area contributed by atoms with Gasteiger partial charge in [0.05, 0.1) is 5.56 Å². The summed E-state index contributed by atoms with van der Waals surface area (Å²) >= 11 is 0. The first-order chi connectivity index (χ1) is 12.8. The normalized spacial score (nSPS) is 11.1. The van der Waals surface area contributed by atoms with Crippen molar-refractivity contribution in [2.45, 2.75) is 26.2 Å². The van der Waals surface area contributed by atoms with E-state index >= 15 is 0 Å². The van der Waals surface area contributed by atoms with Gasteiger partial charge in [0.15, 0.2) is 0 Å². The summed E-state index contributed by atoms with van der Waals surface area (Å²) in [5, 5.41) is 12.7. The van der Waals surface area contributed by atoms with E-state index in [1.165, 1.54) is 12.1 Å². The van der Waals surface area contributed by atoms with Gasteiger partial charge in [-0.15, -0.1) is 0 Å². The van der Waals surface area contributed by atoms with Gasteiger partial charge in [0.2, 0.25) is 0 Å². The molecule has 0 fully saturated rings. The average molecular weight is 361 g/mol. The van der Waals surface area contributed by atoms with E-state index in [-0.39, 0.29) is 22.6 Å². The van der Waals surface area contributed by atoms with Crippen LogP contribution < -0.4 is 10.1 Å². The van der Waals surface area contributed by atoms with Crippen molar-refractivity contribution in [2.24, 2.45) is 0 Å². The zero-order valence-electron chi connectivity index (χ0n) is 15.7. The van der Waals surface area contributed by atoms with Gasteiger partial charge in [-0.25, -0.2) is 0 Å². The van der Waals surface area contributed by atoms with Crippen LogP contribution in [-0.2, 0) is 5.41 Å². The zero-order valence-corrected chi connectivity index (χ0v) is 15.7. The second-order valence-corrected chi connectivity index (χ2v) is 7.35. The molecule has 0 heterocycles. The van der Waals surface area contributed by atoms with Gasteiger partial charge in [-0.1, -0.05) is 57.2 Å². The molecular formula is C23H23NO3. The van der Waals surface area contributed by atoms with Gasteiger partial charge in [0.1, 0.15) is 17.2 Å². The van der Waals surface area contributed by atoms with Gasteiger partial charge in [-0.05, 0) is 41.8 Å². The fourth-order valence-electron chi connectivity index (χ4n) is 2.80. The maximum atomic E-state index is 12.8. The number of nitrogens with one attached hydrogen (secondary N) is 1. The molecule has 0 bridgehead atoms. The summed E-state index contributed by atoms with van der Waals surface area (Å²) in [7, 11) is 0. The molecule has 138 valence electrons. The van der Waals surface area contributed by atoms with Crippen LogP contribution in [0.5, 0.6) is 17.2 Å². The smallest absolute Gasteiger partial charge is 0.259 e. The van der Waals surface area contributed by atoms with Crippen LogP contribution in [0.2, 0.25) is 0 Å². The Bertz CT molecular complexity index is 943. The van der Waals surface area contributed by atoms with Crippen LogP contribution in [0.4, 0.5) is 5.69 Å². The minimum absolute atomic E-state index is 0.00432. The first-order valence-electron chi connectivity index (χ1n) is 8.81. The van der Waals surface area contributed by atoms with Crippen molar-refractivity contribution >= 4 is 11.6 Å². The molecule has 0 aliphatic heterocycles. The van der Waals surface area contributed by atoms with Crippen molar-refractivity contribution in [1.29, 1.82) is 0 Å². The van der Waals surface area contributed by atoms with Crippen LogP contribution in [0.1, 0.15) is 36.7 Å². The molecule has 3 rings (SSSR count). The van der Waals surface area contributed by atoms with Crippen LogP contribution >= 0.6 is 0 Å². The lowest BCUT2D eigenvalue weighted by molar-refractivity contribution is 0.102. The van der Waals surface area contributed by atoms with Crippen molar-refractivity contribution in [3.05, 3.63) is 83.9 Å². The number of hydrogen-bond acceptors (Lipinski definition) is 3. The third-order valence-electron chi connectivity index (χ3n) is 4.15. The average Bonchev–Trinajstić information content (AvgIpc) is 2.63. The summed E-state index contributed by atoms with van der Waals surface area (Å²) in [6.45, 7) is 6.32. The summed E-state index contributed by atoms with van der Waals surface area (Å²) in [4.78, 5) is 12.8. The van der Waals surface area contributed by atoms with Crippen LogP contribution in [0, 0.1) is 0 Å². The standard InChI is InChI=1S/C23H23NO3/c1-23(2,3)19-11-7-8-12-21(19)27-20-14-13-17(25)15-18(20)22(26)24-16-9-5-4-6-10-16/h4-15,25H,1-3H3,(H,24,26). The Morgan fingerprint density at radius 3 is 2.26 bits per heavy atom. The number of aromatic hydroxyl groups is 1. The summed E-state index contributed by atoms with van der Waals surface area (Å²) in [5.74, 6) is 0.729. The Morgan fingerprint density at radius 2 is 1.56 bits per heavy atom. The fourth-order valence-corrected chi connectivity index (χ4v) is 2.80. The van der Waals surface area contributed by atoms with Crippen LogP contribution in [-0.4, -0.2) is 11.0 Å². The number of ether oxygens (including phenoxy) is 1. The van der Waals surface area contributed by atoms with Gasteiger partial charge < -0.3 is 15.2 Å². The number of benzene rings is 3. The lowest BCUT2D eigenvalue weighted by Crippen LogP contribution is -2.14. The van der Waals surface area contributed by atoms with E-state index in [1.54, 1.807) is 18.2 Å². The van der Waals surface area contributed by atoms with Crippen molar-refractivity contribution in [3.63, 3.8) is 0 Å². The number of rotatable bonds is 4. The maximum absolute atomic E-state index is 12.8. The van der Waals surface area contributed by atoms with Gasteiger partial charge in [0, 0.05) is 11.3 Å². The molecule has 27 heavy (non-hydrogen) atoms. The highest BCUT2D eigenvalue weighted by Gasteiger charge is 2.21. The van der Waals surface area contributed by atoms with Gasteiger partial charge >= 0.3 is 0 Å². The number of phenolic OH excluding ortho intramolecular Hbond substituents is 1. The molecule has 0 aliphatic carbocycles. The van der Waals surface area contributed by atoms with E-state index in [4.69, 9.17) is 4.74 Å². The second kappa shape index (κ2) is 7.54. The number of hydrogen-bond donors (Lipinski definition) is 2. The molecule has 0 saturated heterocycles. The van der Waals surface area contributed by atoms with Gasteiger partial charge in [-0.2, -0.15) is 0 Å². The predicted octanol–water partition coefficient (Wildman–Crippen LogP) is 5.73. The highest BCUT2D eigenvalue weighted by Crippen LogP contribution is 2.36. The number of phenols is 1. The molecule has 0 aliphatic rings. The summed E-state index contributed by atoms with van der Waals surface area (Å²) in [6, 6.07) is 21.4. The van der Waals surface area contributed by atoms with Crippen molar-refractivity contribution in [3.8, 4) is 17.2 Å². The molecular weight excluding hydrogens is 338 g/mol. The largest absolute Gasteiger partial charge is 0.508 e. The monoisotopic (exact) mass is 361 g/mol. The summed E-state index contributed by atoms with van der Waals surface area (Å²) in [6.07, 6.45) is 0. The van der Waals surface area contributed by atoms with E-state index in [9.17, 15) is 9.90 Å². The third-order valence-corrected chi connectivity index (χ3v) is 4.15. The summed E-state index contributed by atoms with van der Waals surface area (Å²) in [5.41, 5.74) is 1.86. The molecule has 0 aromatic heterocycles. The molecule has 0 spiro atoms. The molecule has 4 heteroatoms. The van der Waals surface area contributed by atoms with E-state index in [1.807, 2.05) is 42.5 Å². The van der Waals surface area contributed by atoms with E-state index in [2.05, 4.69) is 26.1 Å². The Morgan fingerprint density at radius 1 is 0.889 bits per heavy atom. The lowest BCUT2D eigenvalue weighted by Gasteiger charge is -2.23. The van der Waals surface area contributed by atoms with Gasteiger partial charge in [-0.3, -0.25) is 4.79 Å². The minimum Gasteiger partial charge on any atom is -0.508 e. The molecule has 3 aromatic rings. The maximum Gasteiger partial charge on any atom is 0.259 e. The van der Waals surface area contributed by atoms with Crippen molar-refractivity contribution in [2.75, 3.05) is 5.32 Å². The Labute approximate surface area is 159 Å². The zero-order chi connectivity index (χ0) is 19.4. The number of amides is 1. The number of anilines is 1. The topological polar surface area (TPSA) is 58.6 Å². The Hall–Kier alpha value is -3.27. The quantitative estimate of drug-likeness (QED) is 0.623. The predicted molar refractivity (Wildman–Crippen MR) is 108 cm³/mol. The molecule has 0 saturated carbocycles. The number of carbonyl (C=O) groups excluding carboxylic acids is 1. The third kappa shape index (κ3) is 4.47. The number of para-hydroxylation sites is 2. The summed E-state index contributed by atoms with van der Waals surface area (Å²) < 4.78 is 6.11. The Balaban J connectivity index is 1.95. The number of carbonyl (C=O) groups is 1. The fraction of sp³-hybridized carbons (Fsp3) is 0.174. The van der Waals surface area contributed by atoms with Crippen LogP contribution in [0.3, 0.4) is 0 Å². The first kappa shape index (κ1) is 18.5. The molecule has 4 nitrogen and oxygen atoms in total. The molecule has 2 N–H and O–H groups in total. The molecule has 3 aromatic carbocycles. The molecule has 0 unspecified atom stereocenters. The highest BCUT2D eigenvalue weighted by molar-refractivity contribution is 6.06. The lowest BCUT2D eigenvalue weighted by atomic mass is 9.86. The van der Waals surface area contributed by atoms with E-state index < -0.39 is 0 Å². The van der Waals surface area contributed by atoms with E-state index in [0.29, 0.717) is 17.2 Å². The van der Waals surface area contributed by atoms with Gasteiger partial charge in [0.25, 0.3) is 5.91 Å². The first-order valence-corrected chi connectivity index (χ1v) is 8.81.